The van der Waals surface area contributed by atoms with E-state index in [2.05, 4.69) is 40.2 Å². The molecule has 0 heterocycles. The van der Waals surface area contributed by atoms with Crippen molar-refractivity contribution in [1.29, 1.82) is 5.26 Å². The predicted molar refractivity (Wildman–Crippen MR) is 175 cm³/mol. The maximum atomic E-state index is 12.2. The summed E-state index contributed by atoms with van der Waals surface area (Å²) in [5, 5.41) is 8.72. The molecule has 0 saturated carbocycles. The van der Waals surface area contributed by atoms with Crippen LogP contribution in [-0.2, 0) is 4.79 Å². The van der Waals surface area contributed by atoms with Crippen LogP contribution >= 0.6 is 0 Å². The van der Waals surface area contributed by atoms with Crippen molar-refractivity contribution in [2.75, 3.05) is 0 Å². The Bertz CT molecular complexity index is 820. The Morgan fingerprint density at radius 3 is 1.59 bits per heavy atom. The second-order valence-corrected chi connectivity index (χ2v) is 7.36. The van der Waals surface area contributed by atoms with E-state index < -0.39 is 5.92 Å². The number of carbonyl (C=O) groups excluding carboxylic acids is 1. The van der Waals surface area contributed by atoms with Crippen LogP contribution in [0.5, 0.6) is 0 Å². The molecule has 0 unspecified atom stereocenters. The fourth-order valence-corrected chi connectivity index (χ4v) is 1.66. The van der Waals surface area contributed by atoms with Gasteiger partial charge in [-0.25, -0.2) is 8.78 Å². The van der Waals surface area contributed by atoms with Crippen LogP contribution in [0, 0.1) is 11.3 Å². The molecule has 0 fully saturated rings. The van der Waals surface area contributed by atoms with E-state index in [4.69, 9.17) is 5.26 Å². The number of hydrogen-bond acceptors (Lipinski definition) is 2. The minimum Gasteiger partial charge on any atom is -0.303 e. The summed E-state index contributed by atoms with van der Waals surface area (Å²) >= 11 is 0. The van der Waals surface area contributed by atoms with Crippen LogP contribution in [-0.4, -0.2) is 12.2 Å². The Hall–Kier alpha value is -3.06. The third-order valence-corrected chi connectivity index (χ3v) is 4.17. The van der Waals surface area contributed by atoms with Gasteiger partial charge in [0.1, 0.15) is 6.29 Å². The third-order valence-electron chi connectivity index (χ3n) is 4.17. The second kappa shape index (κ2) is 37.1. The van der Waals surface area contributed by atoms with Crippen molar-refractivity contribution in [3.05, 3.63) is 85.0 Å². The number of allylic oxidation sites excluding steroid dienone is 6. The van der Waals surface area contributed by atoms with Gasteiger partial charge in [-0.2, -0.15) is 5.26 Å². The quantitative estimate of drug-likeness (QED) is 0.184. The fourth-order valence-electron chi connectivity index (χ4n) is 1.66. The number of rotatable bonds is 8. The van der Waals surface area contributed by atoms with E-state index in [1.807, 2.05) is 85.7 Å². The highest BCUT2D eigenvalue weighted by molar-refractivity contribution is 5.81. The monoisotopic (exact) mass is 547 g/mol. The molecule has 0 aliphatic rings. The van der Waals surface area contributed by atoms with Crippen LogP contribution in [0.15, 0.2) is 73.9 Å². The first-order valence-corrected chi connectivity index (χ1v) is 14.0. The highest BCUT2D eigenvalue weighted by Gasteiger charge is 2.22. The molecule has 0 aromatic heterocycles. The summed E-state index contributed by atoms with van der Waals surface area (Å²) in [5.74, 6) is -2.70. The maximum Gasteiger partial charge on any atom is 0.266 e. The van der Waals surface area contributed by atoms with Gasteiger partial charge >= 0.3 is 0 Å². The number of nitrogens with zero attached hydrogens (tertiary/aromatic N) is 1. The molecule has 39 heavy (non-hydrogen) atoms. The molecule has 224 valence electrons. The van der Waals surface area contributed by atoms with Crippen molar-refractivity contribution in [2.45, 2.75) is 115 Å². The normalized spacial score (nSPS) is 8.79. The largest absolute Gasteiger partial charge is 0.303 e. The third kappa shape index (κ3) is 34.9. The zero-order valence-corrected chi connectivity index (χ0v) is 27.3. The SMILES string of the molecule is C=C(C#N)C(=C)c1cccc(C(=C)C)c1.C=C/C=C(\C)C(C)(F)F.CC.CC.CC.CCCC.CCCC=O. The van der Waals surface area contributed by atoms with Gasteiger partial charge in [0, 0.05) is 13.3 Å². The molecule has 0 aliphatic carbocycles. The zero-order valence-electron chi connectivity index (χ0n) is 27.3. The van der Waals surface area contributed by atoms with Gasteiger partial charge in [-0.15, -0.1) is 0 Å². The second-order valence-electron chi connectivity index (χ2n) is 7.36. The van der Waals surface area contributed by atoms with Gasteiger partial charge in [-0.1, -0.05) is 137 Å². The van der Waals surface area contributed by atoms with Crippen molar-refractivity contribution in [3.8, 4) is 6.07 Å². The lowest BCUT2D eigenvalue weighted by molar-refractivity contribution is -0.107. The van der Waals surface area contributed by atoms with Crippen LogP contribution in [0.3, 0.4) is 0 Å². The fraction of sp³-hybridized carbons (Fsp3) is 0.486. The van der Waals surface area contributed by atoms with Crippen molar-refractivity contribution in [2.24, 2.45) is 0 Å². The van der Waals surface area contributed by atoms with Gasteiger partial charge in [0.2, 0.25) is 0 Å². The van der Waals surface area contributed by atoms with E-state index in [0.29, 0.717) is 17.6 Å². The zero-order chi connectivity index (χ0) is 32.4. The Labute approximate surface area is 241 Å². The minimum atomic E-state index is -2.70. The van der Waals surface area contributed by atoms with Crippen LogP contribution < -0.4 is 0 Å². The number of benzene rings is 1. The average molecular weight is 548 g/mol. The summed E-state index contributed by atoms with van der Waals surface area (Å²) < 4.78 is 24.4. The minimum absolute atomic E-state index is 0.0394. The highest BCUT2D eigenvalue weighted by atomic mass is 19.3. The Morgan fingerprint density at radius 2 is 1.36 bits per heavy atom. The molecule has 0 bridgehead atoms. The molecule has 1 aromatic carbocycles. The lowest BCUT2D eigenvalue weighted by Crippen LogP contribution is -2.10. The molecule has 1 aromatic rings. The molecule has 0 radical (unpaired) electrons. The molecule has 4 heteroatoms. The van der Waals surface area contributed by atoms with Crippen LogP contribution in [0.4, 0.5) is 8.78 Å². The van der Waals surface area contributed by atoms with E-state index in [1.165, 1.54) is 31.9 Å². The first-order chi connectivity index (χ1) is 18.4. The molecule has 2 nitrogen and oxygen atoms in total. The number of halogens is 2. The topological polar surface area (TPSA) is 40.9 Å². The molecule has 1 rings (SSSR count). The number of hydrogen-bond donors (Lipinski definition) is 0. The summed E-state index contributed by atoms with van der Waals surface area (Å²) in [5.41, 5.74) is 4.07. The van der Waals surface area contributed by atoms with E-state index in [1.54, 1.807) is 0 Å². The Balaban J connectivity index is -0.0000000970. The molecule has 0 aliphatic heterocycles. The summed E-state index contributed by atoms with van der Waals surface area (Å²) in [4.78, 5) is 9.40. The van der Waals surface area contributed by atoms with Crippen LogP contribution in [0.25, 0.3) is 11.1 Å². The van der Waals surface area contributed by atoms with Crippen molar-refractivity contribution < 1.29 is 13.6 Å². The molecule has 0 spiro atoms. The first-order valence-electron chi connectivity index (χ1n) is 14.0. The van der Waals surface area contributed by atoms with E-state index >= 15 is 0 Å². The summed E-state index contributed by atoms with van der Waals surface area (Å²) in [6.45, 7) is 37.2. The van der Waals surface area contributed by atoms with Gasteiger partial charge in [0.25, 0.3) is 5.92 Å². The lowest BCUT2D eigenvalue weighted by atomic mass is 9.98. The van der Waals surface area contributed by atoms with Crippen LogP contribution in [0.1, 0.15) is 120 Å². The smallest absolute Gasteiger partial charge is 0.266 e. The van der Waals surface area contributed by atoms with Gasteiger partial charge in [0.15, 0.2) is 0 Å². The number of alkyl halides is 2. The molecule has 0 N–H and O–H groups in total. The molecular weight excluding hydrogens is 488 g/mol. The molecular formula is C35H59F2NO. The summed E-state index contributed by atoms with van der Waals surface area (Å²) in [6.07, 6.45) is 7.91. The maximum absolute atomic E-state index is 12.2. The van der Waals surface area contributed by atoms with E-state index in [-0.39, 0.29) is 5.57 Å². The first kappa shape index (κ1) is 48.9. The van der Waals surface area contributed by atoms with Crippen molar-refractivity contribution >= 4 is 17.4 Å². The molecule has 0 saturated heterocycles. The summed E-state index contributed by atoms with van der Waals surface area (Å²) in [6, 6.07) is 9.78. The van der Waals surface area contributed by atoms with E-state index in [0.717, 1.165) is 36.3 Å². The predicted octanol–water partition coefficient (Wildman–Crippen LogP) is 12.5. The van der Waals surface area contributed by atoms with Gasteiger partial charge < -0.3 is 4.79 Å². The van der Waals surface area contributed by atoms with Crippen LogP contribution in [0.2, 0.25) is 0 Å². The van der Waals surface area contributed by atoms with E-state index in [9.17, 15) is 13.6 Å². The standard InChI is InChI=1S/C14H13N.C7H10F2.C4H8O.C4H10.3C2H6/c1-10(2)13-6-5-7-14(8-13)12(4)11(3)9-15;1-4-5-6(2)7(3,8)9;1-2-3-4-5;1-3-4-2;3*1-2/h5-8H,1,3-4H2,2H3;4-5H,1H2,2-3H3;4H,2-3H2,1H3;3-4H2,1-2H3;3*1-2H3/b;6-5+;;;;;. The molecule has 0 atom stereocenters. The van der Waals surface area contributed by atoms with Gasteiger partial charge in [-0.05, 0) is 48.6 Å². The average Bonchev–Trinajstić information content (AvgIpc) is 2.96. The number of unbranched alkanes of at least 4 members (excludes halogenated alkanes) is 2. The van der Waals surface area contributed by atoms with Crippen molar-refractivity contribution in [3.63, 3.8) is 0 Å². The van der Waals surface area contributed by atoms with Crippen molar-refractivity contribution in [1.82, 2.24) is 0 Å². The Kier molecular flexibility index (Phi) is 46.6. The lowest BCUT2D eigenvalue weighted by Gasteiger charge is -2.08. The number of aldehydes is 1. The highest BCUT2D eigenvalue weighted by Crippen LogP contribution is 2.23. The molecule has 0 amide bonds. The Morgan fingerprint density at radius 1 is 0.923 bits per heavy atom. The van der Waals surface area contributed by atoms with Gasteiger partial charge in [0.05, 0.1) is 11.6 Å². The number of carbonyl (C=O) groups is 1. The number of nitriles is 1. The summed E-state index contributed by atoms with van der Waals surface area (Å²) in [7, 11) is 0. The van der Waals surface area contributed by atoms with Gasteiger partial charge in [-0.3, -0.25) is 0 Å².